The predicted octanol–water partition coefficient (Wildman–Crippen LogP) is 9.23. The van der Waals surface area contributed by atoms with Crippen molar-refractivity contribution >= 4 is 49.9 Å². The summed E-state index contributed by atoms with van der Waals surface area (Å²) in [6.45, 7) is 15.1. The topological polar surface area (TPSA) is 200 Å². The van der Waals surface area contributed by atoms with Crippen molar-refractivity contribution in [1.29, 1.82) is 0 Å². The minimum Gasteiger partial charge on any atom is -0.493 e. The Hall–Kier alpha value is -6.49. The van der Waals surface area contributed by atoms with Gasteiger partial charge in [-0.05, 0) is 91.2 Å². The summed E-state index contributed by atoms with van der Waals surface area (Å²) in [6, 6.07) is 19.8. The summed E-state index contributed by atoms with van der Waals surface area (Å²) < 4.78 is 66.8. The van der Waals surface area contributed by atoms with Gasteiger partial charge in [0.25, 0.3) is 0 Å². The zero-order valence-corrected chi connectivity index (χ0v) is 51.9. The van der Waals surface area contributed by atoms with Gasteiger partial charge in [0.05, 0.1) is 70.3 Å². The van der Waals surface area contributed by atoms with Gasteiger partial charge in [-0.3, -0.25) is 24.3 Å². The van der Waals surface area contributed by atoms with E-state index in [0.717, 1.165) is 111 Å². The summed E-state index contributed by atoms with van der Waals surface area (Å²) in [7, 11) is -1.53. The molecule has 3 atom stereocenters. The lowest BCUT2D eigenvalue weighted by Crippen LogP contribution is -2.57. The van der Waals surface area contributed by atoms with E-state index in [-0.39, 0.29) is 73.9 Å². The summed E-state index contributed by atoms with van der Waals surface area (Å²) in [4.78, 5) is 64.1. The van der Waals surface area contributed by atoms with Crippen molar-refractivity contribution in [3.8, 4) is 44.3 Å². The molecule has 3 unspecified atom stereocenters. The maximum atomic E-state index is 15.6. The van der Waals surface area contributed by atoms with Crippen molar-refractivity contribution in [3.63, 3.8) is 0 Å². The zero-order valence-electron chi connectivity index (χ0n) is 50.3. The quantitative estimate of drug-likeness (QED) is 0.0434. The summed E-state index contributed by atoms with van der Waals surface area (Å²) >= 11 is 1.58. The standard InChI is InChI=1S/C65H83F2N9O8S2/c1-44-61(85-43-70-44)46-20-18-45(19-21-46)39-69-63(79)56-38-49(77)41-76(56)64(80)62(65(2,3)4)72-59(78)17-11-9-7-6-8-10-12-24-73-26-28-74(29-27-73)25-14-32-84-57-23-22-47(37-58(57)83-5)55-40-68-54-16-13-15-50(60(54)71-55)48-35-52(66)51(53(67)36-48)42-75-30-33-86(81,82)34-31-75/h13,15-16,18-23,35-37,40,43,49,56,62,77H,6-12,14,17,24-34,38-39,41-42H2,1-5H3,(H,69,79)(H,72,78). The van der Waals surface area contributed by atoms with Gasteiger partial charge in [0.2, 0.25) is 17.7 Å². The number of carbonyl (C=O) groups excluding carboxylic acids is 3. The second-order valence-corrected chi connectivity index (χ2v) is 27.4. The smallest absolute Gasteiger partial charge is 0.246 e. The minimum atomic E-state index is -3.12. The van der Waals surface area contributed by atoms with Crippen molar-refractivity contribution in [2.45, 2.75) is 123 Å². The van der Waals surface area contributed by atoms with E-state index in [9.17, 15) is 27.9 Å². The monoisotopic (exact) mass is 1220 g/mol. The number of carbonyl (C=O) groups is 3. The van der Waals surface area contributed by atoms with E-state index in [0.29, 0.717) is 52.4 Å². The number of nitrogens with zero attached hydrogens (tertiary/aromatic N) is 7. The molecule has 17 nitrogen and oxygen atoms in total. The average molecular weight is 1220 g/mol. The first kappa shape index (κ1) is 64.0. The van der Waals surface area contributed by atoms with Crippen LogP contribution >= 0.6 is 11.3 Å². The van der Waals surface area contributed by atoms with E-state index in [1.165, 1.54) is 23.5 Å². The average Bonchev–Trinajstić information content (AvgIpc) is 1.16. The van der Waals surface area contributed by atoms with Crippen LogP contribution in [-0.4, -0.2) is 168 Å². The highest BCUT2D eigenvalue weighted by Crippen LogP contribution is 2.36. The molecule has 6 aromatic rings. The number of β-amino-alcohol motifs (C(OH)–C–C–N with tert-alkyl or cyclic N) is 1. The van der Waals surface area contributed by atoms with Crippen LogP contribution in [0.3, 0.4) is 0 Å². The number of hydrogen-bond acceptors (Lipinski definition) is 15. The van der Waals surface area contributed by atoms with Crippen LogP contribution in [0.4, 0.5) is 8.78 Å². The van der Waals surface area contributed by atoms with E-state index >= 15 is 8.78 Å². The highest BCUT2D eigenvalue weighted by molar-refractivity contribution is 7.91. The minimum absolute atomic E-state index is 0.0170. The van der Waals surface area contributed by atoms with Crippen molar-refractivity contribution < 1.29 is 46.2 Å². The molecule has 3 N–H and O–H groups in total. The van der Waals surface area contributed by atoms with E-state index < -0.39 is 45.1 Å². The van der Waals surface area contributed by atoms with E-state index in [4.69, 9.17) is 14.5 Å². The first-order chi connectivity index (χ1) is 41.3. The molecule has 3 fully saturated rings. The number of methoxy groups -OCH3 is 1. The summed E-state index contributed by atoms with van der Waals surface area (Å²) in [5, 5.41) is 16.6. The molecule has 3 aliphatic rings. The molecule has 3 aliphatic heterocycles. The summed E-state index contributed by atoms with van der Waals surface area (Å²) in [6.07, 6.45) is 9.44. The lowest BCUT2D eigenvalue weighted by molar-refractivity contribution is -0.144. The number of aryl methyl sites for hydroxylation is 1. The third kappa shape index (κ3) is 17.0. The number of para-hydroxylation sites is 1. The molecule has 0 bridgehead atoms. The summed E-state index contributed by atoms with van der Waals surface area (Å²) in [5.74, 6) is -1.17. The van der Waals surface area contributed by atoms with Gasteiger partial charge < -0.3 is 39.9 Å². The van der Waals surface area contributed by atoms with Gasteiger partial charge in [-0.15, -0.1) is 11.3 Å². The molecule has 3 saturated heterocycles. The van der Waals surface area contributed by atoms with E-state index in [1.54, 1.807) is 47.7 Å². The number of halogens is 2. The van der Waals surface area contributed by atoms with Gasteiger partial charge >= 0.3 is 0 Å². The number of aliphatic hydroxyl groups is 1. The van der Waals surface area contributed by atoms with Gasteiger partial charge in [-0.1, -0.05) is 89.3 Å². The molecular formula is C65H83F2N9O8S2. The molecule has 21 heteroatoms. The van der Waals surface area contributed by atoms with Crippen molar-refractivity contribution in [1.82, 2.24) is 45.2 Å². The number of benzene rings is 4. The molecule has 5 heterocycles. The van der Waals surface area contributed by atoms with E-state index in [2.05, 4.69) is 30.4 Å². The van der Waals surface area contributed by atoms with Crippen LogP contribution in [0.15, 0.2) is 84.5 Å². The Balaban J connectivity index is 0.634. The van der Waals surface area contributed by atoms with Crippen LogP contribution in [0.5, 0.6) is 11.5 Å². The Morgan fingerprint density at radius 2 is 1.45 bits per heavy atom. The number of likely N-dealkylation sites (tertiary alicyclic amines) is 1. The van der Waals surface area contributed by atoms with Crippen molar-refractivity contribution in [2.24, 2.45) is 5.41 Å². The largest absolute Gasteiger partial charge is 0.493 e. The van der Waals surface area contributed by atoms with Crippen LogP contribution < -0.4 is 20.1 Å². The fourth-order valence-electron chi connectivity index (χ4n) is 11.6. The van der Waals surface area contributed by atoms with Gasteiger partial charge in [0, 0.05) is 95.0 Å². The number of amides is 3. The maximum Gasteiger partial charge on any atom is 0.246 e. The number of hydrogen-bond donors (Lipinski definition) is 3. The second-order valence-electron chi connectivity index (χ2n) is 24.2. The van der Waals surface area contributed by atoms with Crippen LogP contribution in [0.25, 0.3) is 43.9 Å². The Morgan fingerprint density at radius 3 is 2.12 bits per heavy atom. The fourth-order valence-corrected chi connectivity index (χ4v) is 13.7. The van der Waals surface area contributed by atoms with E-state index in [1.807, 2.05) is 75.7 Å². The number of aliphatic hydroxyl groups excluding tert-OH is 1. The van der Waals surface area contributed by atoms with Crippen molar-refractivity contribution in [2.75, 3.05) is 84.1 Å². The van der Waals surface area contributed by atoms with Gasteiger partial charge in [-0.2, -0.15) is 0 Å². The molecule has 0 spiro atoms. The molecule has 0 saturated carbocycles. The lowest BCUT2D eigenvalue weighted by Gasteiger charge is -2.35. The Morgan fingerprint density at radius 1 is 0.791 bits per heavy atom. The lowest BCUT2D eigenvalue weighted by atomic mass is 9.85. The van der Waals surface area contributed by atoms with Crippen LogP contribution in [0.2, 0.25) is 0 Å². The molecule has 0 radical (unpaired) electrons. The molecule has 462 valence electrons. The number of fused-ring (bicyclic) bond motifs is 1. The molecule has 2 aromatic heterocycles. The third-order valence-corrected chi connectivity index (χ3v) is 19.3. The highest BCUT2D eigenvalue weighted by Gasteiger charge is 2.44. The number of rotatable bonds is 26. The first-order valence-corrected chi connectivity index (χ1v) is 33.0. The number of piperazine rings is 1. The number of aromatic nitrogens is 3. The number of thiazole rings is 1. The first-order valence-electron chi connectivity index (χ1n) is 30.3. The highest BCUT2D eigenvalue weighted by atomic mass is 32.2. The molecular weight excluding hydrogens is 1140 g/mol. The SMILES string of the molecule is COc1cc(-c2cnc3cccc(-c4cc(F)c(CN5CCS(=O)(=O)CC5)c(F)c4)c3n2)ccc1OCCCN1CCN(CCCCCCCCCC(=O)NC(C(=O)N2CC(O)CC2C(=O)NCc2ccc(-c3scnc3C)cc2)C(C)(C)C)CC1. The normalized spacial score (nSPS) is 18.1. The third-order valence-electron chi connectivity index (χ3n) is 16.7. The fraction of sp³-hybridized carbons (Fsp3) is 0.508. The van der Waals surface area contributed by atoms with Gasteiger partial charge in [0.1, 0.15) is 23.7 Å². The number of ether oxygens (including phenoxy) is 2. The maximum absolute atomic E-state index is 15.6. The number of nitrogens with one attached hydrogen (secondary N) is 2. The second kappa shape index (κ2) is 29.5. The van der Waals surface area contributed by atoms with Crippen LogP contribution in [0.1, 0.15) is 102 Å². The molecule has 86 heavy (non-hydrogen) atoms. The Bertz CT molecular complexity index is 3370. The Labute approximate surface area is 508 Å². The van der Waals surface area contributed by atoms with Gasteiger partial charge in [0.15, 0.2) is 21.3 Å². The number of unbranched alkanes of at least 4 members (excludes halogenated alkanes) is 6. The molecule has 4 aromatic carbocycles. The summed E-state index contributed by atoms with van der Waals surface area (Å²) in [5.41, 5.74) is 7.26. The Kier molecular flexibility index (Phi) is 21.9. The molecule has 9 rings (SSSR count). The molecule has 3 amide bonds. The van der Waals surface area contributed by atoms with Crippen LogP contribution in [-0.2, 0) is 37.3 Å². The zero-order chi connectivity index (χ0) is 61.0. The van der Waals surface area contributed by atoms with Crippen LogP contribution in [0, 0.1) is 24.0 Å². The van der Waals surface area contributed by atoms with Gasteiger partial charge in [-0.25, -0.2) is 27.2 Å². The molecule has 0 aliphatic carbocycles. The number of sulfone groups is 1. The predicted molar refractivity (Wildman–Crippen MR) is 332 cm³/mol. The van der Waals surface area contributed by atoms with Crippen molar-refractivity contribution in [3.05, 3.63) is 113 Å².